The van der Waals surface area contributed by atoms with E-state index in [9.17, 15) is 5.26 Å². The third-order valence-electron chi connectivity index (χ3n) is 9.83. The fourth-order valence-electron chi connectivity index (χ4n) is 7.54. The Bertz CT molecular complexity index is 2600. The van der Waals surface area contributed by atoms with E-state index in [4.69, 9.17) is 9.97 Å². The second-order valence-corrected chi connectivity index (χ2v) is 13.0. The zero-order valence-corrected chi connectivity index (χ0v) is 26.6. The van der Waals surface area contributed by atoms with E-state index in [0.29, 0.717) is 11.4 Å². The zero-order valence-electron chi connectivity index (χ0n) is 26.6. The van der Waals surface area contributed by atoms with Crippen molar-refractivity contribution in [2.24, 2.45) is 0 Å². The quantitative estimate of drug-likeness (QED) is 0.198. The lowest BCUT2D eigenvalue weighted by molar-refractivity contribution is 0.661. The van der Waals surface area contributed by atoms with Gasteiger partial charge in [0, 0.05) is 38.6 Å². The summed E-state index contributed by atoms with van der Waals surface area (Å²) >= 11 is 0. The lowest BCUT2D eigenvalue weighted by atomic mass is 9.82. The third-order valence-corrected chi connectivity index (χ3v) is 9.83. The summed E-state index contributed by atoms with van der Waals surface area (Å²) in [5.74, 6) is 0.632. The predicted octanol–water partition coefficient (Wildman–Crippen LogP) is 10.8. The first kappa shape index (κ1) is 28.0. The SMILES string of the molecule is CC1(C)c2ccccc2-c2c1ccc1c2c2ccccc2n1-c1cccc(-c2nc(-c3ccccc3)cc(-c3cccc(C#N)c3)n2)c1. The molecule has 0 unspecified atom stereocenters. The number of nitriles is 1. The third kappa shape index (κ3) is 4.22. The number of para-hydroxylation sites is 1. The molecule has 0 radical (unpaired) electrons. The van der Waals surface area contributed by atoms with Gasteiger partial charge in [-0.3, -0.25) is 0 Å². The molecule has 0 saturated heterocycles. The molecule has 226 valence electrons. The summed E-state index contributed by atoms with van der Waals surface area (Å²) in [5, 5.41) is 12.1. The minimum absolute atomic E-state index is 0.0746. The molecule has 9 rings (SSSR count). The molecular weight excluding hydrogens is 585 g/mol. The summed E-state index contributed by atoms with van der Waals surface area (Å²) in [7, 11) is 0. The minimum atomic E-state index is -0.0746. The Kier molecular flexibility index (Phi) is 6.19. The van der Waals surface area contributed by atoms with Crippen molar-refractivity contribution in [3.05, 3.63) is 162 Å². The van der Waals surface area contributed by atoms with E-state index in [1.165, 1.54) is 38.5 Å². The lowest BCUT2D eigenvalue weighted by Crippen LogP contribution is -2.14. The van der Waals surface area contributed by atoms with Crippen molar-refractivity contribution in [3.8, 4) is 56.8 Å². The van der Waals surface area contributed by atoms with E-state index in [-0.39, 0.29) is 5.41 Å². The van der Waals surface area contributed by atoms with Crippen LogP contribution >= 0.6 is 0 Å². The molecule has 0 aliphatic heterocycles. The fraction of sp³-hybridized carbons (Fsp3) is 0.0682. The zero-order chi connectivity index (χ0) is 32.4. The molecule has 2 aromatic heterocycles. The molecule has 2 heterocycles. The van der Waals surface area contributed by atoms with Crippen molar-refractivity contribution in [2.75, 3.05) is 0 Å². The van der Waals surface area contributed by atoms with Crippen molar-refractivity contribution in [1.29, 1.82) is 5.26 Å². The molecule has 8 aromatic rings. The van der Waals surface area contributed by atoms with Gasteiger partial charge in [-0.2, -0.15) is 5.26 Å². The first-order chi connectivity index (χ1) is 23.5. The number of nitrogens with zero attached hydrogens (tertiary/aromatic N) is 4. The Morgan fingerprint density at radius 2 is 1.29 bits per heavy atom. The van der Waals surface area contributed by atoms with Gasteiger partial charge in [0.15, 0.2) is 5.82 Å². The second kappa shape index (κ2) is 10.6. The van der Waals surface area contributed by atoms with Crippen molar-refractivity contribution < 1.29 is 0 Å². The summed E-state index contributed by atoms with van der Waals surface area (Å²) in [6, 6.07) is 52.7. The Morgan fingerprint density at radius 3 is 2.15 bits per heavy atom. The fourth-order valence-corrected chi connectivity index (χ4v) is 7.54. The monoisotopic (exact) mass is 614 g/mol. The Balaban J connectivity index is 1.27. The van der Waals surface area contributed by atoms with Crippen LogP contribution in [0.2, 0.25) is 0 Å². The first-order valence-corrected chi connectivity index (χ1v) is 16.2. The highest BCUT2D eigenvalue weighted by molar-refractivity contribution is 6.17. The highest BCUT2D eigenvalue weighted by atomic mass is 15.0. The summed E-state index contributed by atoms with van der Waals surface area (Å²) in [6.07, 6.45) is 0. The first-order valence-electron chi connectivity index (χ1n) is 16.2. The minimum Gasteiger partial charge on any atom is -0.309 e. The van der Waals surface area contributed by atoms with Gasteiger partial charge in [-0.25, -0.2) is 9.97 Å². The van der Waals surface area contributed by atoms with Crippen LogP contribution in [-0.2, 0) is 5.41 Å². The maximum absolute atomic E-state index is 9.59. The van der Waals surface area contributed by atoms with Crippen LogP contribution in [0.15, 0.2) is 146 Å². The number of hydrogen-bond donors (Lipinski definition) is 0. The van der Waals surface area contributed by atoms with Crippen LogP contribution in [0.1, 0.15) is 30.5 Å². The van der Waals surface area contributed by atoms with Crippen molar-refractivity contribution in [1.82, 2.24) is 14.5 Å². The molecule has 6 aromatic carbocycles. The Labute approximate surface area is 279 Å². The molecule has 48 heavy (non-hydrogen) atoms. The lowest BCUT2D eigenvalue weighted by Gasteiger charge is -2.21. The molecule has 0 atom stereocenters. The number of hydrogen-bond acceptors (Lipinski definition) is 3. The number of aromatic nitrogens is 3. The smallest absolute Gasteiger partial charge is 0.160 e. The molecule has 4 nitrogen and oxygen atoms in total. The van der Waals surface area contributed by atoms with Crippen LogP contribution in [0.25, 0.3) is 72.5 Å². The average molecular weight is 615 g/mol. The van der Waals surface area contributed by atoms with Crippen LogP contribution in [0, 0.1) is 11.3 Å². The molecule has 0 fully saturated rings. The van der Waals surface area contributed by atoms with Crippen molar-refractivity contribution in [3.63, 3.8) is 0 Å². The van der Waals surface area contributed by atoms with E-state index in [1.54, 1.807) is 0 Å². The molecule has 0 saturated carbocycles. The van der Waals surface area contributed by atoms with Gasteiger partial charge in [0.05, 0.1) is 34.1 Å². The van der Waals surface area contributed by atoms with Crippen LogP contribution < -0.4 is 0 Å². The highest BCUT2D eigenvalue weighted by Crippen LogP contribution is 2.53. The van der Waals surface area contributed by atoms with Gasteiger partial charge >= 0.3 is 0 Å². The van der Waals surface area contributed by atoms with Crippen LogP contribution in [0.4, 0.5) is 0 Å². The number of fused-ring (bicyclic) bond motifs is 7. The number of benzene rings is 6. The molecule has 0 bridgehead atoms. The maximum Gasteiger partial charge on any atom is 0.160 e. The van der Waals surface area contributed by atoms with Crippen molar-refractivity contribution >= 4 is 21.8 Å². The van der Waals surface area contributed by atoms with Gasteiger partial charge < -0.3 is 4.57 Å². The summed E-state index contributed by atoms with van der Waals surface area (Å²) in [6.45, 7) is 4.67. The van der Waals surface area contributed by atoms with Crippen LogP contribution in [0.3, 0.4) is 0 Å². The van der Waals surface area contributed by atoms with Crippen molar-refractivity contribution in [2.45, 2.75) is 19.3 Å². The van der Waals surface area contributed by atoms with Gasteiger partial charge in [0.25, 0.3) is 0 Å². The second-order valence-electron chi connectivity index (χ2n) is 13.0. The molecule has 0 amide bonds. The van der Waals surface area contributed by atoms with Gasteiger partial charge in [-0.1, -0.05) is 117 Å². The standard InChI is InChI=1S/C44H30N4/c1-44(2)35-20-8-6-18-33(35)41-36(44)22-23-40-42(41)34-19-7-9-21-39(34)48(40)32-17-11-16-31(25-32)43-46-37(29-13-4-3-5-14-29)26-38(47-43)30-15-10-12-28(24-30)27-45/h3-26H,1-2H3. The Morgan fingerprint density at radius 1 is 0.583 bits per heavy atom. The van der Waals surface area contributed by atoms with Gasteiger partial charge in [-0.15, -0.1) is 0 Å². The predicted molar refractivity (Wildman–Crippen MR) is 195 cm³/mol. The molecule has 4 heteroatoms. The van der Waals surface area contributed by atoms with E-state index in [0.717, 1.165) is 39.3 Å². The summed E-state index contributed by atoms with van der Waals surface area (Å²) in [5.41, 5.74) is 13.7. The van der Waals surface area contributed by atoms with Gasteiger partial charge in [0.1, 0.15) is 0 Å². The summed E-state index contributed by atoms with van der Waals surface area (Å²) in [4.78, 5) is 10.2. The Hall–Kier alpha value is -6.31. The van der Waals surface area contributed by atoms with E-state index in [1.807, 2.05) is 48.5 Å². The normalized spacial score (nSPS) is 12.9. The van der Waals surface area contributed by atoms with E-state index < -0.39 is 0 Å². The van der Waals surface area contributed by atoms with E-state index >= 15 is 0 Å². The summed E-state index contributed by atoms with van der Waals surface area (Å²) < 4.78 is 2.38. The maximum atomic E-state index is 9.59. The van der Waals surface area contributed by atoms with Gasteiger partial charge in [-0.05, 0) is 64.7 Å². The molecule has 0 spiro atoms. The van der Waals surface area contributed by atoms with Crippen LogP contribution in [0.5, 0.6) is 0 Å². The molecule has 1 aliphatic carbocycles. The van der Waals surface area contributed by atoms with E-state index in [2.05, 4.69) is 122 Å². The molecular formula is C44H30N4. The molecule has 1 aliphatic rings. The molecule has 0 N–H and O–H groups in total. The largest absolute Gasteiger partial charge is 0.309 e. The highest BCUT2D eigenvalue weighted by Gasteiger charge is 2.37. The number of rotatable bonds is 4. The topological polar surface area (TPSA) is 54.5 Å². The van der Waals surface area contributed by atoms with Gasteiger partial charge in [0.2, 0.25) is 0 Å². The average Bonchev–Trinajstić information content (AvgIpc) is 3.60. The van der Waals surface area contributed by atoms with Crippen LogP contribution in [-0.4, -0.2) is 14.5 Å².